The van der Waals surface area contributed by atoms with E-state index in [1.165, 1.54) is 6.92 Å². The number of methoxy groups -OCH3 is 2. The molecule has 0 saturated heterocycles. The van der Waals surface area contributed by atoms with Crippen LogP contribution in [0.4, 0.5) is 0 Å². The second kappa shape index (κ2) is 12.1. The normalized spacial score (nSPS) is 10.4. The van der Waals surface area contributed by atoms with Crippen molar-refractivity contribution in [2.45, 2.75) is 20.8 Å². The maximum absolute atomic E-state index is 10.5. The number of carbonyl (C=O) groups excluding carboxylic acids is 1. The number of hydrogen-bond donors (Lipinski definition) is 0. The molecule has 0 N–H and O–H groups in total. The lowest BCUT2D eigenvalue weighted by Crippen LogP contribution is -2.23. The van der Waals surface area contributed by atoms with Crippen LogP contribution in [0.5, 0.6) is 0 Å². The Morgan fingerprint density at radius 1 is 1.21 bits per heavy atom. The Hall–Kier alpha value is -0.970. The van der Waals surface area contributed by atoms with Crippen molar-refractivity contribution < 1.29 is 19.0 Å². The quantitative estimate of drug-likeness (QED) is 0.368. The van der Waals surface area contributed by atoms with Gasteiger partial charge in [-0.25, -0.2) is 0 Å². The van der Waals surface area contributed by atoms with E-state index >= 15 is 0 Å². The van der Waals surface area contributed by atoms with Crippen LogP contribution in [0.15, 0.2) is 24.8 Å². The zero-order valence-corrected chi connectivity index (χ0v) is 13.0. The summed E-state index contributed by atoms with van der Waals surface area (Å²) in [6, 6.07) is 0. The molecule has 0 bridgehead atoms. The average Bonchev–Trinajstić information content (AvgIpc) is 2.29. The van der Waals surface area contributed by atoms with Crippen molar-refractivity contribution in [3.63, 3.8) is 0 Å². The minimum Gasteiger partial charge on any atom is -0.384 e. The maximum atomic E-state index is 10.5. The molecular formula is C15H28O4. The predicted octanol–water partition coefficient (Wildman–Crippen LogP) is 2.64. The molecule has 0 aromatic heterocycles. The van der Waals surface area contributed by atoms with Gasteiger partial charge in [0.1, 0.15) is 0 Å². The van der Waals surface area contributed by atoms with Gasteiger partial charge in [0, 0.05) is 25.2 Å². The Balaban J connectivity index is 0. The van der Waals surface area contributed by atoms with Crippen molar-refractivity contribution in [1.82, 2.24) is 0 Å². The first kappa shape index (κ1) is 20.3. The number of ketones is 1. The fraction of sp³-hybridized carbons (Fsp3) is 0.667. The molecule has 0 aliphatic rings. The second-order valence-corrected chi connectivity index (χ2v) is 4.99. The lowest BCUT2D eigenvalue weighted by molar-refractivity contribution is -0.114. The molecule has 4 nitrogen and oxygen atoms in total. The molecular weight excluding hydrogens is 244 g/mol. The maximum Gasteiger partial charge on any atom is 0.157 e. The summed E-state index contributed by atoms with van der Waals surface area (Å²) in [7, 11) is 3.41. The molecule has 0 radical (unpaired) electrons. The van der Waals surface area contributed by atoms with Crippen molar-refractivity contribution in [2.24, 2.45) is 5.41 Å². The van der Waals surface area contributed by atoms with Crippen LogP contribution >= 0.6 is 0 Å². The van der Waals surface area contributed by atoms with Gasteiger partial charge >= 0.3 is 0 Å². The zero-order valence-electron chi connectivity index (χ0n) is 13.0. The second-order valence-electron chi connectivity index (χ2n) is 4.99. The third-order valence-electron chi connectivity index (χ3n) is 2.08. The Morgan fingerprint density at radius 2 is 1.68 bits per heavy atom. The third-order valence-corrected chi connectivity index (χ3v) is 2.08. The molecule has 0 unspecified atom stereocenters. The van der Waals surface area contributed by atoms with Gasteiger partial charge in [0.05, 0.1) is 26.4 Å². The van der Waals surface area contributed by atoms with E-state index in [1.807, 2.05) is 0 Å². The van der Waals surface area contributed by atoms with Crippen LogP contribution in [-0.4, -0.2) is 46.4 Å². The monoisotopic (exact) mass is 272 g/mol. The van der Waals surface area contributed by atoms with Crippen LogP contribution < -0.4 is 0 Å². The molecule has 0 spiro atoms. The van der Waals surface area contributed by atoms with E-state index in [0.29, 0.717) is 18.8 Å². The van der Waals surface area contributed by atoms with Gasteiger partial charge in [-0.05, 0) is 6.92 Å². The van der Waals surface area contributed by atoms with Gasteiger partial charge in [-0.3, -0.25) is 4.79 Å². The van der Waals surface area contributed by atoms with E-state index in [1.54, 1.807) is 20.3 Å². The van der Waals surface area contributed by atoms with Gasteiger partial charge in [-0.1, -0.05) is 26.5 Å². The molecule has 0 amide bonds. The molecule has 0 heterocycles. The van der Waals surface area contributed by atoms with Crippen molar-refractivity contribution in [1.29, 1.82) is 0 Å². The highest BCUT2D eigenvalue weighted by Gasteiger charge is 2.16. The van der Waals surface area contributed by atoms with Gasteiger partial charge < -0.3 is 14.2 Å². The predicted molar refractivity (Wildman–Crippen MR) is 78.4 cm³/mol. The standard InChI is InChI=1S/C8H12O2.C7H16O2/c1-4-5-10-6-7(2)8(3)9;1-7(2,5-8-3)6-9-4/h4H,1-2,5-6H2,3H3;5-6H2,1-4H3. The minimum absolute atomic E-state index is 0.0240. The van der Waals surface area contributed by atoms with E-state index in [2.05, 4.69) is 27.0 Å². The first-order chi connectivity index (χ1) is 8.80. The van der Waals surface area contributed by atoms with E-state index < -0.39 is 0 Å². The van der Waals surface area contributed by atoms with Crippen molar-refractivity contribution in [3.8, 4) is 0 Å². The first-order valence-electron chi connectivity index (χ1n) is 6.16. The molecule has 4 heteroatoms. The zero-order chi connectivity index (χ0) is 15.3. The first-order valence-corrected chi connectivity index (χ1v) is 6.16. The molecule has 0 aliphatic heterocycles. The summed E-state index contributed by atoms with van der Waals surface area (Å²) in [5.74, 6) is -0.0240. The van der Waals surface area contributed by atoms with Crippen LogP contribution in [0, 0.1) is 5.41 Å². The van der Waals surface area contributed by atoms with Crippen LogP contribution in [0.1, 0.15) is 20.8 Å². The van der Waals surface area contributed by atoms with Gasteiger partial charge in [-0.15, -0.1) is 6.58 Å². The molecule has 0 saturated carbocycles. The molecule has 0 aliphatic carbocycles. The topological polar surface area (TPSA) is 44.8 Å². The van der Waals surface area contributed by atoms with Gasteiger partial charge in [-0.2, -0.15) is 0 Å². The van der Waals surface area contributed by atoms with Crippen LogP contribution in [0.2, 0.25) is 0 Å². The summed E-state index contributed by atoms with van der Waals surface area (Å²) in [4.78, 5) is 10.5. The Labute approximate surface area is 117 Å². The molecule has 0 rings (SSSR count). The summed E-state index contributed by atoms with van der Waals surface area (Å²) < 4.78 is 14.9. The summed E-state index contributed by atoms with van der Waals surface area (Å²) >= 11 is 0. The van der Waals surface area contributed by atoms with E-state index in [9.17, 15) is 4.79 Å². The lowest BCUT2D eigenvalue weighted by Gasteiger charge is -2.21. The average molecular weight is 272 g/mol. The largest absolute Gasteiger partial charge is 0.384 e. The van der Waals surface area contributed by atoms with E-state index in [4.69, 9.17) is 14.2 Å². The van der Waals surface area contributed by atoms with Gasteiger partial charge in [0.15, 0.2) is 5.78 Å². The highest BCUT2D eigenvalue weighted by atomic mass is 16.5. The Morgan fingerprint density at radius 3 is 2.00 bits per heavy atom. The summed E-state index contributed by atoms with van der Waals surface area (Å²) in [6.45, 7) is 14.9. The fourth-order valence-corrected chi connectivity index (χ4v) is 1.19. The number of Topliss-reactive ketones (excluding diaryl/α,β-unsaturated/α-hetero) is 1. The summed E-state index contributed by atoms with van der Waals surface area (Å²) in [6.07, 6.45) is 1.63. The van der Waals surface area contributed by atoms with E-state index in [-0.39, 0.29) is 11.2 Å². The number of hydrogen-bond acceptors (Lipinski definition) is 4. The summed E-state index contributed by atoms with van der Waals surface area (Å²) in [5.41, 5.74) is 0.658. The lowest BCUT2D eigenvalue weighted by atomic mass is 9.96. The highest BCUT2D eigenvalue weighted by Crippen LogP contribution is 2.14. The van der Waals surface area contributed by atoms with Crippen LogP contribution in [0.3, 0.4) is 0 Å². The highest BCUT2D eigenvalue weighted by molar-refractivity contribution is 5.92. The van der Waals surface area contributed by atoms with Crippen LogP contribution in [0.25, 0.3) is 0 Å². The van der Waals surface area contributed by atoms with E-state index in [0.717, 1.165) is 13.2 Å². The molecule has 19 heavy (non-hydrogen) atoms. The summed E-state index contributed by atoms with van der Waals surface area (Å²) in [5, 5.41) is 0. The third kappa shape index (κ3) is 15.0. The Kier molecular flexibility index (Phi) is 12.9. The Bertz CT molecular complexity index is 261. The number of ether oxygens (including phenoxy) is 3. The fourth-order valence-electron chi connectivity index (χ4n) is 1.19. The van der Waals surface area contributed by atoms with Crippen molar-refractivity contribution in [3.05, 3.63) is 24.8 Å². The van der Waals surface area contributed by atoms with Gasteiger partial charge in [0.25, 0.3) is 0 Å². The minimum atomic E-state index is -0.0240. The SMILES string of the molecule is C=CCOCC(=C)C(C)=O.COCC(C)(C)COC. The number of carbonyl (C=O) groups is 1. The number of rotatable bonds is 9. The van der Waals surface area contributed by atoms with Crippen molar-refractivity contribution >= 4 is 5.78 Å². The molecule has 0 atom stereocenters. The molecule has 112 valence electrons. The van der Waals surface area contributed by atoms with Crippen molar-refractivity contribution in [2.75, 3.05) is 40.6 Å². The molecule has 0 fully saturated rings. The smallest absolute Gasteiger partial charge is 0.157 e. The van der Waals surface area contributed by atoms with Gasteiger partial charge in [0.2, 0.25) is 0 Å². The molecule has 0 aromatic carbocycles. The molecule has 0 aromatic rings. The van der Waals surface area contributed by atoms with Crippen LogP contribution in [-0.2, 0) is 19.0 Å².